The lowest BCUT2D eigenvalue weighted by Gasteiger charge is -2.22. The highest BCUT2D eigenvalue weighted by atomic mass is 14.4. The molecule has 1 aromatic rings. The first-order valence-electron chi connectivity index (χ1n) is 7.74. The van der Waals surface area contributed by atoms with Crippen LogP contribution in [0.1, 0.15) is 43.7 Å². The summed E-state index contributed by atoms with van der Waals surface area (Å²) in [5, 5.41) is 0. The number of hydrogen-bond donors (Lipinski definition) is 0. The lowest BCUT2D eigenvalue weighted by Crippen LogP contribution is -2.13. The molecule has 0 heterocycles. The molecule has 3 rings (SSSR count). The molecule has 19 heavy (non-hydrogen) atoms. The molecule has 0 nitrogen and oxygen atoms in total. The van der Waals surface area contributed by atoms with Gasteiger partial charge in [-0.15, -0.1) is 0 Å². The fourth-order valence-electron chi connectivity index (χ4n) is 4.05. The van der Waals surface area contributed by atoms with Gasteiger partial charge >= 0.3 is 0 Å². The normalized spacial score (nSPS) is 32.5. The lowest BCUT2D eigenvalue weighted by molar-refractivity contribution is 0.429. The molecule has 0 aromatic heterocycles. The molecule has 0 saturated heterocycles. The Kier molecular flexibility index (Phi) is 3.59. The van der Waals surface area contributed by atoms with Gasteiger partial charge in [0, 0.05) is 0 Å². The molecule has 1 saturated carbocycles. The Morgan fingerprint density at radius 2 is 1.89 bits per heavy atom. The van der Waals surface area contributed by atoms with Crippen molar-refractivity contribution in [2.24, 2.45) is 17.8 Å². The lowest BCUT2D eigenvalue weighted by atomic mass is 9.82. The Bertz CT molecular complexity index is 495. The minimum absolute atomic E-state index is 0.741. The van der Waals surface area contributed by atoms with Crippen molar-refractivity contribution in [2.45, 2.75) is 39.0 Å². The van der Waals surface area contributed by atoms with Crippen LogP contribution in [0.2, 0.25) is 0 Å². The van der Waals surface area contributed by atoms with Crippen molar-refractivity contribution >= 4 is 0 Å². The maximum absolute atomic E-state index is 2.45. The van der Waals surface area contributed by atoms with Gasteiger partial charge in [-0.2, -0.15) is 0 Å². The van der Waals surface area contributed by atoms with E-state index in [1.54, 1.807) is 11.1 Å². The van der Waals surface area contributed by atoms with Gasteiger partial charge in [0.15, 0.2) is 0 Å². The van der Waals surface area contributed by atoms with Crippen LogP contribution in [0.5, 0.6) is 0 Å². The summed E-state index contributed by atoms with van der Waals surface area (Å²) in [6.45, 7) is 4.72. The second-order valence-electron chi connectivity index (χ2n) is 6.16. The van der Waals surface area contributed by atoms with Crippen LogP contribution in [0, 0.1) is 17.8 Å². The third-order valence-electron chi connectivity index (χ3n) is 5.04. The highest BCUT2D eigenvalue weighted by Gasteiger charge is 2.39. The topological polar surface area (TPSA) is 0 Å². The van der Waals surface area contributed by atoms with Gasteiger partial charge in [0.2, 0.25) is 0 Å². The van der Waals surface area contributed by atoms with Crippen LogP contribution >= 0.6 is 0 Å². The van der Waals surface area contributed by atoms with E-state index in [4.69, 9.17) is 0 Å². The number of rotatable bonds is 3. The van der Waals surface area contributed by atoms with Crippen LogP contribution < -0.4 is 0 Å². The average molecular weight is 252 g/mol. The molecule has 4 atom stereocenters. The molecule has 100 valence electrons. The number of aryl methyl sites for hydroxylation is 1. The highest BCUT2D eigenvalue weighted by molar-refractivity contribution is 5.34. The molecule has 0 bridgehead atoms. The van der Waals surface area contributed by atoms with Gasteiger partial charge in [0.05, 0.1) is 0 Å². The van der Waals surface area contributed by atoms with Crippen LogP contribution in [0.3, 0.4) is 0 Å². The second kappa shape index (κ2) is 5.36. The van der Waals surface area contributed by atoms with Gasteiger partial charge in [-0.05, 0) is 47.6 Å². The fraction of sp³-hybridized carbons (Fsp3) is 0.474. The molecule has 0 radical (unpaired) electrons. The zero-order valence-electron chi connectivity index (χ0n) is 12.0. The molecule has 2 aliphatic rings. The van der Waals surface area contributed by atoms with Gasteiger partial charge in [0.1, 0.15) is 0 Å². The van der Waals surface area contributed by atoms with Gasteiger partial charge in [-0.1, -0.05) is 68.8 Å². The maximum Gasteiger partial charge on any atom is -0.0122 e. The first-order valence-corrected chi connectivity index (χ1v) is 7.74. The predicted octanol–water partition coefficient (Wildman–Crippen LogP) is 5.12. The Morgan fingerprint density at radius 3 is 2.68 bits per heavy atom. The summed E-state index contributed by atoms with van der Waals surface area (Å²) in [6, 6.07) is 9.12. The first kappa shape index (κ1) is 12.7. The van der Waals surface area contributed by atoms with Crippen LogP contribution in [0.15, 0.2) is 48.6 Å². The number of hydrogen-bond acceptors (Lipinski definition) is 0. The molecule has 0 spiro atoms. The second-order valence-corrected chi connectivity index (χ2v) is 6.16. The van der Waals surface area contributed by atoms with E-state index in [0.717, 1.165) is 23.7 Å². The molecule has 0 heteroatoms. The zero-order valence-corrected chi connectivity index (χ0v) is 12.0. The summed E-state index contributed by atoms with van der Waals surface area (Å²) >= 11 is 0. The van der Waals surface area contributed by atoms with Crippen LogP contribution in [0.4, 0.5) is 0 Å². The maximum atomic E-state index is 2.45. The standard InChI is InChI=1S/C19H24/c1-3-8-15-9-4-7-12-18(15)19-13-16-10-5-6-11-17(16)14(19)2/h4-7,9-12,14,16-17,19H,3,8,13H2,1-2H3. The smallest absolute Gasteiger partial charge is 0.0122 e. The SMILES string of the molecule is CCCc1ccccc1C1CC2C=CC=CC2C1C. The number of fused-ring (bicyclic) bond motifs is 1. The zero-order chi connectivity index (χ0) is 13.2. The summed E-state index contributed by atoms with van der Waals surface area (Å²) in [7, 11) is 0. The Morgan fingerprint density at radius 1 is 1.11 bits per heavy atom. The summed E-state index contributed by atoms with van der Waals surface area (Å²) in [6.07, 6.45) is 13.1. The molecular weight excluding hydrogens is 228 g/mol. The average Bonchev–Trinajstić information content (AvgIpc) is 2.78. The fourth-order valence-corrected chi connectivity index (χ4v) is 4.05. The van der Waals surface area contributed by atoms with E-state index < -0.39 is 0 Å². The van der Waals surface area contributed by atoms with E-state index in [9.17, 15) is 0 Å². The van der Waals surface area contributed by atoms with Crippen LogP contribution in [-0.4, -0.2) is 0 Å². The summed E-state index contributed by atoms with van der Waals surface area (Å²) in [5.41, 5.74) is 3.20. The van der Waals surface area contributed by atoms with E-state index in [0.29, 0.717) is 0 Å². The van der Waals surface area contributed by atoms with Crippen molar-refractivity contribution in [2.75, 3.05) is 0 Å². The van der Waals surface area contributed by atoms with E-state index >= 15 is 0 Å². The van der Waals surface area contributed by atoms with E-state index in [1.165, 1.54) is 19.3 Å². The molecular formula is C19H24. The summed E-state index contributed by atoms with van der Waals surface area (Å²) in [4.78, 5) is 0. The van der Waals surface area contributed by atoms with Crippen molar-refractivity contribution in [3.05, 3.63) is 59.7 Å². The molecule has 1 fully saturated rings. The van der Waals surface area contributed by atoms with Crippen molar-refractivity contribution in [3.63, 3.8) is 0 Å². The van der Waals surface area contributed by atoms with Crippen molar-refractivity contribution in [3.8, 4) is 0 Å². The molecule has 0 N–H and O–H groups in total. The van der Waals surface area contributed by atoms with Gasteiger partial charge < -0.3 is 0 Å². The first-order chi connectivity index (χ1) is 9.31. The number of benzene rings is 1. The van der Waals surface area contributed by atoms with E-state index in [1.807, 2.05) is 0 Å². The van der Waals surface area contributed by atoms with Gasteiger partial charge in [0.25, 0.3) is 0 Å². The van der Waals surface area contributed by atoms with E-state index in [-0.39, 0.29) is 0 Å². The quantitative estimate of drug-likeness (QED) is 0.700. The van der Waals surface area contributed by atoms with Crippen LogP contribution in [-0.2, 0) is 6.42 Å². The Labute approximate surface area is 117 Å². The monoisotopic (exact) mass is 252 g/mol. The predicted molar refractivity (Wildman–Crippen MR) is 82.2 cm³/mol. The van der Waals surface area contributed by atoms with Gasteiger partial charge in [-0.25, -0.2) is 0 Å². The van der Waals surface area contributed by atoms with Gasteiger partial charge in [-0.3, -0.25) is 0 Å². The number of allylic oxidation sites excluding steroid dienone is 4. The summed E-state index contributed by atoms with van der Waals surface area (Å²) < 4.78 is 0. The third kappa shape index (κ3) is 2.29. The van der Waals surface area contributed by atoms with Crippen molar-refractivity contribution in [1.82, 2.24) is 0 Å². The highest BCUT2D eigenvalue weighted by Crippen LogP contribution is 2.49. The molecule has 2 aliphatic carbocycles. The molecule has 0 amide bonds. The molecule has 1 aromatic carbocycles. The largest absolute Gasteiger partial charge is 0.0808 e. The Balaban J connectivity index is 1.91. The van der Waals surface area contributed by atoms with E-state index in [2.05, 4.69) is 62.4 Å². The minimum atomic E-state index is 0.741. The molecule has 4 unspecified atom stereocenters. The third-order valence-corrected chi connectivity index (χ3v) is 5.04. The van der Waals surface area contributed by atoms with Crippen LogP contribution in [0.25, 0.3) is 0 Å². The molecule has 0 aliphatic heterocycles. The van der Waals surface area contributed by atoms with Crippen molar-refractivity contribution in [1.29, 1.82) is 0 Å². The van der Waals surface area contributed by atoms with Crippen molar-refractivity contribution < 1.29 is 0 Å². The summed E-state index contributed by atoms with van der Waals surface area (Å²) in [5.74, 6) is 3.03. The minimum Gasteiger partial charge on any atom is -0.0808 e. The Hall–Kier alpha value is -1.30.